The monoisotopic (exact) mass is 220 g/mol. The second kappa shape index (κ2) is 6.88. The van der Waals surface area contributed by atoms with E-state index in [4.69, 9.17) is 0 Å². The van der Waals surface area contributed by atoms with Crippen molar-refractivity contribution in [1.82, 2.24) is 5.32 Å². The van der Waals surface area contributed by atoms with E-state index >= 15 is 0 Å². The van der Waals surface area contributed by atoms with Crippen molar-refractivity contribution in [2.45, 2.75) is 26.7 Å². The third kappa shape index (κ3) is 3.57. The number of anilines is 1. The molecule has 0 aliphatic rings. The Labute approximate surface area is 97.5 Å². The fraction of sp³-hybridized carbons (Fsp3) is 0.462. The minimum atomic E-state index is -0.00472. The molecule has 0 aromatic heterocycles. The summed E-state index contributed by atoms with van der Waals surface area (Å²) in [4.78, 5) is 13.7. The maximum Gasteiger partial charge on any atom is 0.321 e. The predicted octanol–water partition coefficient (Wildman–Crippen LogP) is 3.02. The SMILES string of the molecule is CCCNC(=O)N(CCC)c1ccccc1. The van der Waals surface area contributed by atoms with Crippen molar-refractivity contribution in [3.8, 4) is 0 Å². The summed E-state index contributed by atoms with van der Waals surface area (Å²) >= 11 is 0. The minimum absolute atomic E-state index is 0.00472. The molecule has 0 heterocycles. The number of carbonyl (C=O) groups is 1. The van der Waals surface area contributed by atoms with Gasteiger partial charge >= 0.3 is 6.03 Å². The van der Waals surface area contributed by atoms with Gasteiger partial charge in [0.15, 0.2) is 0 Å². The lowest BCUT2D eigenvalue weighted by Gasteiger charge is -2.22. The smallest absolute Gasteiger partial charge is 0.321 e. The molecule has 16 heavy (non-hydrogen) atoms. The third-order valence-electron chi connectivity index (χ3n) is 2.29. The maximum absolute atomic E-state index is 11.9. The van der Waals surface area contributed by atoms with Crippen LogP contribution in [0, 0.1) is 0 Å². The number of nitrogens with zero attached hydrogens (tertiary/aromatic N) is 1. The molecule has 0 radical (unpaired) electrons. The highest BCUT2D eigenvalue weighted by molar-refractivity contribution is 5.91. The highest BCUT2D eigenvalue weighted by atomic mass is 16.2. The van der Waals surface area contributed by atoms with Crippen LogP contribution in [0.2, 0.25) is 0 Å². The highest BCUT2D eigenvalue weighted by Crippen LogP contribution is 2.13. The molecular weight excluding hydrogens is 200 g/mol. The van der Waals surface area contributed by atoms with Gasteiger partial charge in [-0.1, -0.05) is 32.0 Å². The van der Waals surface area contributed by atoms with Gasteiger partial charge in [-0.2, -0.15) is 0 Å². The molecule has 0 aliphatic carbocycles. The predicted molar refractivity (Wildman–Crippen MR) is 67.8 cm³/mol. The lowest BCUT2D eigenvalue weighted by atomic mass is 10.3. The third-order valence-corrected chi connectivity index (χ3v) is 2.29. The van der Waals surface area contributed by atoms with Crippen molar-refractivity contribution in [2.75, 3.05) is 18.0 Å². The number of benzene rings is 1. The molecule has 1 N–H and O–H groups in total. The molecule has 1 aromatic carbocycles. The Morgan fingerprint density at radius 1 is 1.19 bits per heavy atom. The number of hydrogen-bond donors (Lipinski definition) is 1. The van der Waals surface area contributed by atoms with Crippen LogP contribution in [-0.4, -0.2) is 19.1 Å². The van der Waals surface area contributed by atoms with Gasteiger partial charge in [0.05, 0.1) is 0 Å². The van der Waals surface area contributed by atoms with E-state index in [1.165, 1.54) is 0 Å². The van der Waals surface area contributed by atoms with Gasteiger partial charge < -0.3 is 5.32 Å². The van der Waals surface area contributed by atoms with Gasteiger partial charge in [-0.25, -0.2) is 4.79 Å². The molecular formula is C13H20N2O. The Balaban J connectivity index is 2.71. The Kier molecular flexibility index (Phi) is 5.40. The van der Waals surface area contributed by atoms with Crippen molar-refractivity contribution >= 4 is 11.7 Å². The molecule has 1 aromatic rings. The standard InChI is InChI=1S/C13H20N2O/c1-3-10-14-13(16)15(11-4-2)12-8-6-5-7-9-12/h5-9H,3-4,10-11H2,1-2H3,(H,14,16). The first-order chi connectivity index (χ1) is 7.79. The fourth-order valence-electron chi connectivity index (χ4n) is 1.51. The first-order valence-electron chi connectivity index (χ1n) is 5.90. The van der Waals surface area contributed by atoms with E-state index in [9.17, 15) is 4.79 Å². The summed E-state index contributed by atoms with van der Waals surface area (Å²) in [5.41, 5.74) is 0.956. The summed E-state index contributed by atoms with van der Waals surface area (Å²) in [6.45, 7) is 5.60. The normalized spacial score (nSPS) is 9.88. The quantitative estimate of drug-likeness (QED) is 0.812. The lowest BCUT2D eigenvalue weighted by molar-refractivity contribution is 0.246. The molecule has 2 amide bonds. The summed E-state index contributed by atoms with van der Waals surface area (Å²) in [5.74, 6) is 0. The van der Waals surface area contributed by atoms with Gasteiger partial charge in [-0.05, 0) is 25.0 Å². The Hall–Kier alpha value is -1.51. The largest absolute Gasteiger partial charge is 0.338 e. The zero-order valence-corrected chi connectivity index (χ0v) is 10.1. The molecule has 0 unspecified atom stereocenters. The first-order valence-corrected chi connectivity index (χ1v) is 5.90. The summed E-state index contributed by atoms with van der Waals surface area (Å²) < 4.78 is 0. The van der Waals surface area contributed by atoms with E-state index in [0.29, 0.717) is 0 Å². The molecule has 0 atom stereocenters. The van der Waals surface area contributed by atoms with Crippen molar-refractivity contribution in [3.05, 3.63) is 30.3 Å². The van der Waals surface area contributed by atoms with Crippen LogP contribution < -0.4 is 10.2 Å². The van der Waals surface area contributed by atoms with Gasteiger partial charge in [-0.15, -0.1) is 0 Å². The van der Waals surface area contributed by atoms with Crippen LogP contribution in [0.3, 0.4) is 0 Å². The number of amides is 2. The van der Waals surface area contributed by atoms with Crippen LogP contribution in [-0.2, 0) is 0 Å². The van der Waals surface area contributed by atoms with Gasteiger partial charge in [0, 0.05) is 18.8 Å². The van der Waals surface area contributed by atoms with E-state index in [0.717, 1.165) is 31.6 Å². The maximum atomic E-state index is 11.9. The zero-order chi connectivity index (χ0) is 11.8. The van der Waals surface area contributed by atoms with Crippen molar-refractivity contribution in [1.29, 1.82) is 0 Å². The summed E-state index contributed by atoms with van der Waals surface area (Å²) in [6.07, 6.45) is 1.91. The van der Waals surface area contributed by atoms with Crippen molar-refractivity contribution < 1.29 is 4.79 Å². The van der Waals surface area contributed by atoms with Crippen LogP contribution in [0.5, 0.6) is 0 Å². The molecule has 0 spiro atoms. The number of urea groups is 1. The number of hydrogen-bond acceptors (Lipinski definition) is 1. The molecule has 88 valence electrons. The Bertz CT molecular complexity index is 311. The Morgan fingerprint density at radius 3 is 2.44 bits per heavy atom. The topological polar surface area (TPSA) is 32.3 Å². The Morgan fingerprint density at radius 2 is 1.88 bits per heavy atom. The van der Waals surface area contributed by atoms with Crippen LogP contribution >= 0.6 is 0 Å². The highest BCUT2D eigenvalue weighted by Gasteiger charge is 2.12. The summed E-state index contributed by atoms with van der Waals surface area (Å²) in [6, 6.07) is 9.77. The van der Waals surface area contributed by atoms with Gasteiger partial charge in [0.2, 0.25) is 0 Å². The molecule has 3 heteroatoms. The van der Waals surface area contributed by atoms with Crippen LogP contribution in [0.15, 0.2) is 30.3 Å². The lowest BCUT2D eigenvalue weighted by Crippen LogP contribution is -2.40. The first kappa shape index (κ1) is 12.6. The number of nitrogens with one attached hydrogen (secondary N) is 1. The molecule has 0 fully saturated rings. The molecule has 3 nitrogen and oxygen atoms in total. The van der Waals surface area contributed by atoms with E-state index in [1.807, 2.05) is 37.3 Å². The molecule has 0 saturated carbocycles. The van der Waals surface area contributed by atoms with E-state index < -0.39 is 0 Å². The van der Waals surface area contributed by atoms with Crippen molar-refractivity contribution in [2.24, 2.45) is 0 Å². The summed E-state index contributed by atoms with van der Waals surface area (Å²) in [7, 11) is 0. The van der Waals surface area contributed by atoms with Crippen molar-refractivity contribution in [3.63, 3.8) is 0 Å². The number of rotatable bonds is 5. The average Bonchev–Trinajstić information content (AvgIpc) is 2.34. The fourth-order valence-corrected chi connectivity index (χ4v) is 1.51. The summed E-state index contributed by atoms with van der Waals surface area (Å²) in [5, 5.41) is 2.90. The van der Waals surface area contributed by atoms with Crippen LogP contribution in [0.4, 0.5) is 10.5 Å². The molecule has 0 bridgehead atoms. The molecule has 1 rings (SSSR count). The molecule has 0 saturated heterocycles. The van der Waals surface area contributed by atoms with Gasteiger partial charge in [0.1, 0.15) is 0 Å². The van der Waals surface area contributed by atoms with E-state index in [2.05, 4.69) is 12.2 Å². The molecule has 0 aliphatic heterocycles. The zero-order valence-electron chi connectivity index (χ0n) is 10.1. The number of para-hydroxylation sites is 1. The second-order valence-corrected chi connectivity index (χ2v) is 3.72. The van der Waals surface area contributed by atoms with Gasteiger partial charge in [-0.3, -0.25) is 4.90 Å². The number of carbonyl (C=O) groups excluding carboxylic acids is 1. The van der Waals surface area contributed by atoms with E-state index in [1.54, 1.807) is 4.90 Å². The van der Waals surface area contributed by atoms with Gasteiger partial charge in [0.25, 0.3) is 0 Å². The second-order valence-electron chi connectivity index (χ2n) is 3.72. The van der Waals surface area contributed by atoms with E-state index in [-0.39, 0.29) is 6.03 Å². The van der Waals surface area contributed by atoms with Crippen LogP contribution in [0.25, 0.3) is 0 Å². The average molecular weight is 220 g/mol. The van der Waals surface area contributed by atoms with Crippen LogP contribution in [0.1, 0.15) is 26.7 Å². The minimum Gasteiger partial charge on any atom is -0.338 e.